The summed E-state index contributed by atoms with van der Waals surface area (Å²) in [7, 11) is 3.18. The molecule has 2 rings (SSSR count). The topological polar surface area (TPSA) is 73.6 Å². The molecule has 0 saturated carbocycles. The first-order chi connectivity index (χ1) is 10.7. The van der Waals surface area contributed by atoms with Crippen molar-refractivity contribution in [3.05, 3.63) is 59.7 Å². The second-order valence-corrected chi connectivity index (χ2v) is 4.78. The van der Waals surface area contributed by atoms with Crippen LogP contribution in [0.25, 0.3) is 0 Å². The molecular weight excluding hydrogens is 280 g/mol. The van der Waals surface area contributed by atoms with Crippen LogP contribution in [0.2, 0.25) is 0 Å². The molecule has 22 heavy (non-hydrogen) atoms. The van der Waals surface area contributed by atoms with E-state index in [4.69, 9.17) is 15.2 Å². The standard InChI is InChI=1S/C17H20N2O3/c1-21-14-10-6-9-13(16(14)22-2)11-19-15(17(18)20)12-7-4-3-5-8-12/h3-10,15,19H,11H2,1-2H3,(H2,18,20)/t15-/m1/s1. The van der Waals surface area contributed by atoms with E-state index >= 15 is 0 Å². The summed E-state index contributed by atoms with van der Waals surface area (Å²) >= 11 is 0. The molecule has 0 heterocycles. The lowest BCUT2D eigenvalue weighted by Gasteiger charge is -2.18. The second kappa shape index (κ2) is 7.47. The Labute approximate surface area is 130 Å². The van der Waals surface area contributed by atoms with Gasteiger partial charge in [0.05, 0.1) is 14.2 Å². The van der Waals surface area contributed by atoms with Gasteiger partial charge in [0, 0.05) is 12.1 Å². The van der Waals surface area contributed by atoms with Gasteiger partial charge < -0.3 is 15.2 Å². The predicted octanol–water partition coefficient (Wildman–Crippen LogP) is 2.02. The highest BCUT2D eigenvalue weighted by atomic mass is 16.5. The Balaban J connectivity index is 2.19. The number of rotatable bonds is 7. The zero-order chi connectivity index (χ0) is 15.9. The molecule has 0 unspecified atom stereocenters. The first-order valence-corrected chi connectivity index (χ1v) is 6.95. The van der Waals surface area contributed by atoms with Crippen molar-refractivity contribution in [3.8, 4) is 11.5 Å². The van der Waals surface area contributed by atoms with Crippen LogP contribution >= 0.6 is 0 Å². The van der Waals surface area contributed by atoms with Gasteiger partial charge >= 0.3 is 0 Å². The lowest BCUT2D eigenvalue weighted by molar-refractivity contribution is -0.120. The number of ether oxygens (including phenoxy) is 2. The summed E-state index contributed by atoms with van der Waals surface area (Å²) in [4.78, 5) is 11.7. The predicted molar refractivity (Wildman–Crippen MR) is 84.8 cm³/mol. The first-order valence-electron chi connectivity index (χ1n) is 6.95. The van der Waals surface area contributed by atoms with Crippen LogP contribution in [0.3, 0.4) is 0 Å². The third kappa shape index (κ3) is 3.56. The molecule has 0 aliphatic heterocycles. The van der Waals surface area contributed by atoms with E-state index in [0.717, 1.165) is 11.1 Å². The maximum absolute atomic E-state index is 11.7. The number of nitrogens with one attached hydrogen (secondary N) is 1. The van der Waals surface area contributed by atoms with Crippen molar-refractivity contribution in [2.24, 2.45) is 5.73 Å². The Bertz CT molecular complexity index is 629. The van der Waals surface area contributed by atoms with Crippen molar-refractivity contribution in [1.82, 2.24) is 5.32 Å². The quantitative estimate of drug-likeness (QED) is 0.820. The third-order valence-corrected chi connectivity index (χ3v) is 3.40. The summed E-state index contributed by atoms with van der Waals surface area (Å²) in [5, 5.41) is 3.17. The van der Waals surface area contributed by atoms with Gasteiger partial charge in [0.25, 0.3) is 0 Å². The second-order valence-electron chi connectivity index (χ2n) is 4.78. The highest BCUT2D eigenvalue weighted by Gasteiger charge is 2.18. The molecule has 0 bridgehead atoms. The fourth-order valence-corrected chi connectivity index (χ4v) is 2.33. The molecule has 0 aromatic heterocycles. The Morgan fingerprint density at radius 2 is 1.82 bits per heavy atom. The van der Waals surface area contributed by atoms with Crippen LogP contribution in [0, 0.1) is 0 Å². The number of nitrogens with two attached hydrogens (primary N) is 1. The van der Waals surface area contributed by atoms with Crippen LogP contribution in [0.4, 0.5) is 0 Å². The maximum atomic E-state index is 11.7. The molecule has 0 spiro atoms. The summed E-state index contributed by atoms with van der Waals surface area (Å²) in [5.41, 5.74) is 7.23. The SMILES string of the molecule is COc1cccc(CN[C@@H](C(N)=O)c2ccccc2)c1OC. The Morgan fingerprint density at radius 1 is 1.09 bits per heavy atom. The van der Waals surface area contributed by atoms with E-state index in [1.165, 1.54) is 0 Å². The number of benzene rings is 2. The lowest BCUT2D eigenvalue weighted by Crippen LogP contribution is -2.33. The summed E-state index contributed by atoms with van der Waals surface area (Å²) in [6.07, 6.45) is 0. The van der Waals surface area contributed by atoms with Crippen molar-refractivity contribution >= 4 is 5.91 Å². The molecule has 116 valence electrons. The minimum absolute atomic E-state index is 0.423. The van der Waals surface area contributed by atoms with E-state index in [-0.39, 0.29) is 0 Å². The van der Waals surface area contributed by atoms with Gasteiger partial charge in [-0.1, -0.05) is 42.5 Å². The van der Waals surface area contributed by atoms with Crippen LogP contribution in [0.5, 0.6) is 11.5 Å². The van der Waals surface area contributed by atoms with Gasteiger partial charge in [0.15, 0.2) is 11.5 Å². The van der Waals surface area contributed by atoms with Crippen LogP contribution < -0.4 is 20.5 Å². The highest BCUT2D eigenvalue weighted by Crippen LogP contribution is 2.30. The molecule has 1 atom stereocenters. The minimum atomic E-state index is -0.558. The average Bonchev–Trinajstić information content (AvgIpc) is 2.55. The first kappa shape index (κ1) is 15.9. The smallest absolute Gasteiger partial charge is 0.239 e. The Morgan fingerprint density at radius 3 is 2.41 bits per heavy atom. The fraction of sp³-hybridized carbons (Fsp3) is 0.235. The molecule has 5 heteroatoms. The number of carbonyl (C=O) groups is 1. The van der Waals surface area contributed by atoms with Gasteiger partial charge in [-0.2, -0.15) is 0 Å². The zero-order valence-electron chi connectivity index (χ0n) is 12.7. The van der Waals surface area contributed by atoms with Crippen molar-refractivity contribution in [1.29, 1.82) is 0 Å². The van der Waals surface area contributed by atoms with E-state index in [1.807, 2.05) is 48.5 Å². The average molecular weight is 300 g/mol. The number of carbonyl (C=O) groups excluding carboxylic acids is 1. The molecular formula is C17H20N2O3. The van der Waals surface area contributed by atoms with Gasteiger partial charge in [0.1, 0.15) is 6.04 Å². The van der Waals surface area contributed by atoms with Gasteiger partial charge in [-0.05, 0) is 11.6 Å². The zero-order valence-corrected chi connectivity index (χ0v) is 12.7. The molecule has 1 amide bonds. The minimum Gasteiger partial charge on any atom is -0.493 e. The van der Waals surface area contributed by atoms with E-state index in [2.05, 4.69) is 5.32 Å². The molecule has 0 saturated heterocycles. The van der Waals surface area contributed by atoms with E-state index in [0.29, 0.717) is 18.0 Å². The monoisotopic (exact) mass is 300 g/mol. The molecule has 3 N–H and O–H groups in total. The Hall–Kier alpha value is -2.53. The van der Waals surface area contributed by atoms with Crippen LogP contribution in [-0.4, -0.2) is 20.1 Å². The number of methoxy groups -OCH3 is 2. The molecule has 0 aliphatic rings. The third-order valence-electron chi connectivity index (χ3n) is 3.40. The van der Waals surface area contributed by atoms with Gasteiger partial charge in [-0.3, -0.25) is 10.1 Å². The number of hydrogen-bond acceptors (Lipinski definition) is 4. The summed E-state index contributed by atoms with van der Waals surface area (Å²) in [6, 6.07) is 14.4. The molecule has 0 fully saturated rings. The molecule has 5 nitrogen and oxygen atoms in total. The van der Waals surface area contributed by atoms with E-state index in [1.54, 1.807) is 14.2 Å². The van der Waals surface area contributed by atoms with Gasteiger partial charge in [0.2, 0.25) is 5.91 Å². The van der Waals surface area contributed by atoms with Crippen molar-refractivity contribution < 1.29 is 14.3 Å². The van der Waals surface area contributed by atoms with Crippen LogP contribution in [0.1, 0.15) is 17.2 Å². The van der Waals surface area contributed by atoms with E-state index < -0.39 is 11.9 Å². The molecule has 0 radical (unpaired) electrons. The molecule has 2 aromatic rings. The highest BCUT2D eigenvalue weighted by molar-refractivity contribution is 5.81. The van der Waals surface area contributed by atoms with Crippen LogP contribution in [0.15, 0.2) is 48.5 Å². The fourth-order valence-electron chi connectivity index (χ4n) is 2.33. The lowest BCUT2D eigenvalue weighted by atomic mass is 10.1. The van der Waals surface area contributed by atoms with Crippen molar-refractivity contribution in [3.63, 3.8) is 0 Å². The molecule has 2 aromatic carbocycles. The number of hydrogen-bond donors (Lipinski definition) is 2. The number of primary amides is 1. The number of amides is 1. The maximum Gasteiger partial charge on any atom is 0.239 e. The van der Waals surface area contributed by atoms with E-state index in [9.17, 15) is 4.79 Å². The summed E-state index contributed by atoms with van der Waals surface area (Å²) in [6.45, 7) is 0.433. The summed E-state index contributed by atoms with van der Waals surface area (Å²) in [5.74, 6) is 0.874. The molecule has 0 aliphatic carbocycles. The van der Waals surface area contributed by atoms with Crippen LogP contribution in [-0.2, 0) is 11.3 Å². The van der Waals surface area contributed by atoms with Crippen molar-refractivity contribution in [2.75, 3.05) is 14.2 Å². The summed E-state index contributed by atoms with van der Waals surface area (Å²) < 4.78 is 10.7. The Kier molecular flexibility index (Phi) is 5.38. The number of para-hydroxylation sites is 1. The normalized spacial score (nSPS) is 11.7. The van der Waals surface area contributed by atoms with Gasteiger partial charge in [-0.25, -0.2) is 0 Å². The van der Waals surface area contributed by atoms with Crippen molar-refractivity contribution in [2.45, 2.75) is 12.6 Å². The largest absolute Gasteiger partial charge is 0.493 e. The van der Waals surface area contributed by atoms with Gasteiger partial charge in [-0.15, -0.1) is 0 Å².